The van der Waals surface area contributed by atoms with Crippen molar-refractivity contribution in [2.75, 3.05) is 7.11 Å². The highest BCUT2D eigenvalue weighted by atomic mass is 32.1. The van der Waals surface area contributed by atoms with E-state index in [9.17, 15) is 4.79 Å². The number of thiophene rings is 1. The van der Waals surface area contributed by atoms with Crippen molar-refractivity contribution in [1.82, 2.24) is 5.32 Å². The van der Waals surface area contributed by atoms with Crippen LogP contribution >= 0.6 is 11.3 Å². The molecule has 0 radical (unpaired) electrons. The molecule has 0 aliphatic heterocycles. The van der Waals surface area contributed by atoms with Crippen LogP contribution in [0.2, 0.25) is 0 Å². The molecule has 0 aliphatic carbocycles. The Hall–Kier alpha value is -1.65. The van der Waals surface area contributed by atoms with Crippen molar-refractivity contribution in [1.29, 1.82) is 0 Å². The third kappa shape index (κ3) is 3.43. The number of hydrogen-bond acceptors (Lipinski definition) is 4. The minimum atomic E-state index is -0.291. The Balaban J connectivity index is 2.05. The molecule has 0 unspecified atom stereocenters. The topological polar surface area (TPSA) is 38.3 Å². The maximum Gasteiger partial charge on any atom is 0.338 e. The summed E-state index contributed by atoms with van der Waals surface area (Å²) in [6.07, 6.45) is 0. The number of carbonyl (C=O) groups excluding carboxylic acids is 1. The van der Waals surface area contributed by atoms with Gasteiger partial charge in [-0.2, -0.15) is 0 Å². The Labute approximate surface area is 117 Å². The van der Waals surface area contributed by atoms with E-state index in [0.29, 0.717) is 12.1 Å². The zero-order valence-corrected chi connectivity index (χ0v) is 11.9. The molecule has 0 amide bonds. The molecule has 1 N–H and O–H groups in total. The average Bonchev–Trinajstić information content (AvgIpc) is 2.98. The van der Waals surface area contributed by atoms with Crippen molar-refractivity contribution in [3.63, 3.8) is 0 Å². The van der Waals surface area contributed by atoms with Crippen LogP contribution in [0.1, 0.15) is 33.8 Å². The van der Waals surface area contributed by atoms with Crippen LogP contribution in [0.25, 0.3) is 0 Å². The molecule has 4 heteroatoms. The van der Waals surface area contributed by atoms with E-state index < -0.39 is 0 Å². The van der Waals surface area contributed by atoms with E-state index in [1.165, 1.54) is 12.0 Å². The third-order valence-electron chi connectivity index (χ3n) is 2.99. The quantitative estimate of drug-likeness (QED) is 0.850. The fourth-order valence-corrected chi connectivity index (χ4v) is 2.64. The average molecular weight is 275 g/mol. The van der Waals surface area contributed by atoms with Gasteiger partial charge in [-0.3, -0.25) is 0 Å². The van der Waals surface area contributed by atoms with E-state index in [1.807, 2.05) is 24.3 Å². The zero-order chi connectivity index (χ0) is 13.7. The second-order valence-electron chi connectivity index (χ2n) is 4.27. The molecule has 100 valence electrons. The fraction of sp³-hybridized carbons (Fsp3) is 0.267. The first-order valence-electron chi connectivity index (χ1n) is 6.15. The van der Waals surface area contributed by atoms with Gasteiger partial charge in [0, 0.05) is 17.5 Å². The highest BCUT2D eigenvalue weighted by Gasteiger charge is 2.12. The molecule has 0 bridgehead atoms. The lowest BCUT2D eigenvalue weighted by Crippen LogP contribution is -2.19. The van der Waals surface area contributed by atoms with Crippen LogP contribution < -0.4 is 5.32 Å². The summed E-state index contributed by atoms with van der Waals surface area (Å²) in [4.78, 5) is 12.9. The van der Waals surface area contributed by atoms with Gasteiger partial charge in [0.2, 0.25) is 0 Å². The molecule has 0 saturated heterocycles. The molecular weight excluding hydrogens is 258 g/mol. The lowest BCUT2D eigenvalue weighted by atomic mass is 10.1. The number of methoxy groups -OCH3 is 1. The number of carbonyl (C=O) groups is 1. The predicted molar refractivity (Wildman–Crippen MR) is 77.4 cm³/mol. The van der Waals surface area contributed by atoms with Crippen LogP contribution in [-0.4, -0.2) is 13.1 Å². The van der Waals surface area contributed by atoms with Crippen LogP contribution in [0, 0.1) is 0 Å². The summed E-state index contributed by atoms with van der Waals surface area (Å²) in [5.74, 6) is -0.291. The number of ether oxygens (including phenoxy) is 1. The van der Waals surface area contributed by atoms with Crippen LogP contribution in [0.3, 0.4) is 0 Å². The van der Waals surface area contributed by atoms with Crippen LogP contribution in [-0.2, 0) is 11.3 Å². The molecule has 0 spiro atoms. The van der Waals surface area contributed by atoms with Crippen LogP contribution in [0.15, 0.2) is 41.8 Å². The number of rotatable bonds is 5. The Kier molecular flexibility index (Phi) is 4.71. The first kappa shape index (κ1) is 13.8. The Morgan fingerprint density at radius 2 is 2.11 bits per heavy atom. The van der Waals surface area contributed by atoms with Gasteiger partial charge < -0.3 is 10.1 Å². The van der Waals surface area contributed by atoms with Gasteiger partial charge in [-0.1, -0.05) is 24.3 Å². The highest BCUT2D eigenvalue weighted by molar-refractivity contribution is 7.10. The summed E-state index contributed by atoms with van der Waals surface area (Å²) in [6.45, 7) is 2.76. The van der Waals surface area contributed by atoms with Crippen molar-refractivity contribution >= 4 is 17.3 Å². The van der Waals surface area contributed by atoms with Gasteiger partial charge in [-0.25, -0.2) is 4.79 Å². The summed E-state index contributed by atoms with van der Waals surface area (Å²) in [5.41, 5.74) is 1.58. The number of hydrogen-bond donors (Lipinski definition) is 1. The highest BCUT2D eigenvalue weighted by Crippen LogP contribution is 2.19. The molecule has 0 fully saturated rings. The molecule has 1 heterocycles. The van der Waals surface area contributed by atoms with Crippen LogP contribution in [0.4, 0.5) is 0 Å². The second kappa shape index (κ2) is 6.50. The second-order valence-corrected chi connectivity index (χ2v) is 5.25. The normalized spacial score (nSPS) is 12.1. The van der Waals surface area contributed by atoms with Crippen LogP contribution in [0.5, 0.6) is 0 Å². The zero-order valence-electron chi connectivity index (χ0n) is 11.1. The van der Waals surface area contributed by atoms with E-state index in [-0.39, 0.29) is 12.0 Å². The molecular formula is C15H17NO2S. The molecule has 3 nitrogen and oxygen atoms in total. The Bertz CT molecular complexity index is 537. The molecule has 2 rings (SSSR count). The number of benzene rings is 1. The maximum absolute atomic E-state index is 11.7. The third-order valence-corrected chi connectivity index (χ3v) is 4.05. The van der Waals surface area contributed by atoms with E-state index in [0.717, 1.165) is 5.56 Å². The van der Waals surface area contributed by atoms with Gasteiger partial charge in [0.1, 0.15) is 0 Å². The molecule has 0 saturated carbocycles. The fourth-order valence-electron chi connectivity index (χ4n) is 1.88. The van der Waals surface area contributed by atoms with Crippen molar-refractivity contribution < 1.29 is 9.53 Å². The molecule has 19 heavy (non-hydrogen) atoms. The van der Waals surface area contributed by atoms with Gasteiger partial charge in [0.05, 0.1) is 12.7 Å². The van der Waals surface area contributed by atoms with Crippen molar-refractivity contribution in [2.45, 2.75) is 19.5 Å². The number of esters is 1. The van der Waals surface area contributed by atoms with Crippen molar-refractivity contribution in [2.24, 2.45) is 0 Å². The van der Waals surface area contributed by atoms with Gasteiger partial charge in [0.25, 0.3) is 0 Å². The minimum absolute atomic E-state index is 0.269. The Morgan fingerprint density at radius 1 is 1.32 bits per heavy atom. The van der Waals surface area contributed by atoms with Gasteiger partial charge in [-0.15, -0.1) is 11.3 Å². The standard InChI is InChI=1S/C15H17NO2S/c1-11(14-8-5-9-19-14)16-10-12-6-3-4-7-13(12)15(17)18-2/h3-9,11,16H,10H2,1-2H3/t11-/m1/s1. The largest absolute Gasteiger partial charge is 0.465 e. The monoisotopic (exact) mass is 275 g/mol. The Morgan fingerprint density at radius 3 is 2.79 bits per heavy atom. The van der Waals surface area contributed by atoms with Crippen molar-refractivity contribution in [3.05, 3.63) is 57.8 Å². The lowest BCUT2D eigenvalue weighted by molar-refractivity contribution is 0.0599. The van der Waals surface area contributed by atoms with Gasteiger partial charge in [-0.05, 0) is 30.0 Å². The molecule has 1 aromatic carbocycles. The summed E-state index contributed by atoms with van der Waals surface area (Å²) < 4.78 is 4.79. The molecule has 1 aromatic heterocycles. The van der Waals surface area contributed by atoms with E-state index in [4.69, 9.17) is 4.74 Å². The number of nitrogens with one attached hydrogen (secondary N) is 1. The van der Waals surface area contributed by atoms with E-state index in [1.54, 1.807) is 17.4 Å². The first-order chi connectivity index (χ1) is 9.22. The predicted octanol–water partition coefficient (Wildman–Crippen LogP) is 3.39. The summed E-state index contributed by atoms with van der Waals surface area (Å²) >= 11 is 1.73. The first-order valence-corrected chi connectivity index (χ1v) is 7.03. The van der Waals surface area contributed by atoms with E-state index in [2.05, 4.69) is 23.7 Å². The van der Waals surface area contributed by atoms with Gasteiger partial charge in [0.15, 0.2) is 0 Å². The molecule has 2 aromatic rings. The summed E-state index contributed by atoms with van der Waals surface area (Å²) in [7, 11) is 1.40. The maximum atomic E-state index is 11.7. The lowest BCUT2D eigenvalue weighted by Gasteiger charge is -2.14. The minimum Gasteiger partial charge on any atom is -0.465 e. The SMILES string of the molecule is COC(=O)c1ccccc1CN[C@H](C)c1cccs1. The smallest absolute Gasteiger partial charge is 0.338 e. The van der Waals surface area contributed by atoms with Gasteiger partial charge >= 0.3 is 5.97 Å². The summed E-state index contributed by atoms with van der Waals surface area (Å²) in [6, 6.07) is 11.9. The van der Waals surface area contributed by atoms with Crippen molar-refractivity contribution in [3.8, 4) is 0 Å². The van der Waals surface area contributed by atoms with E-state index >= 15 is 0 Å². The molecule has 1 atom stereocenters. The molecule has 0 aliphatic rings. The summed E-state index contributed by atoms with van der Waals surface area (Å²) in [5, 5.41) is 5.49.